The van der Waals surface area contributed by atoms with Gasteiger partial charge >= 0.3 is 0 Å². The molecule has 2 heterocycles. The number of nitrogens with one attached hydrogen (secondary N) is 2. The standard InChI is InChI=1S/C27H26ClN5O3/c1-35-20-13-7-17(8-14-20)15-25(34)30-26-31-27-29-22(18-9-11-19(28)12-10-18)16-23(33(27)32-26)21-5-3-4-6-24(21)36-2/h3-14,22-23H,15-16H2,1-2H3,(H2,29,30,31,32,34). The van der Waals surface area contributed by atoms with Gasteiger partial charge in [0.15, 0.2) is 0 Å². The molecule has 1 aliphatic rings. The number of methoxy groups -OCH3 is 2. The summed E-state index contributed by atoms with van der Waals surface area (Å²) in [6.45, 7) is 0. The van der Waals surface area contributed by atoms with Gasteiger partial charge in [0.05, 0.1) is 32.7 Å². The maximum atomic E-state index is 12.7. The lowest BCUT2D eigenvalue weighted by atomic mass is 9.93. The first-order valence-corrected chi connectivity index (χ1v) is 12.0. The van der Waals surface area contributed by atoms with Crippen molar-refractivity contribution in [2.45, 2.75) is 24.9 Å². The third kappa shape index (κ3) is 4.99. The van der Waals surface area contributed by atoms with Gasteiger partial charge in [-0.15, -0.1) is 5.10 Å². The van der Waals surface area contributed by atoms with Crippen molar-refractivity contribution in [2.75, 3.05) is 24.9 Å². The van der Waals surface area contributed by atoms with Crippen LogP contribution < -0.4 is 20.1 Å². The average Bonchev–Trinajstić information content (AvgIpc) is 3.31. The molecule has 1 amide bonds. The Kier molecular flexibility index (Phi) is 6.77. The fourth-order valence-electron chi connectivity index (χ4n) is 4.44. The van der Waals surface area contributed by atoms with Gasteiger partial charge in [0.1, 0.15) is 11.5 Å². The van der Waals surface area contributed by atoms with Gasteiger partial charge in [-0.05, 0) is 47.9 Å². The van der Waals surface area contributed by atoms with Gasteiger partial charge in [0.2, 0.25) is 11.9 Å². The van der Waals surface area contributed by atoms with E-state index in [0.29, 0.717) is 17.4 Å². The average molecular weight is 504 g/mol. The van der Waals surface area contributed by atoms with Crippen molar-refractivity contribution in [3.05, 3.63) is 94.5 Å². The van der Waals surface area contributed by atoms with Crippen molar-refractivity contribution in [2.24, 2.45) is 0 Å². The summed E-state index contributed by atoms with van der Waals surface area (Å²) < 4.78 is 12.6. The molecular formula is C27H26ClN5O3. The Hall–Kier alpha value is -4.04. The number of hydrogen-bond donors (Lipinski definition) is 2. The van der Waals surface area contributed by atoms with Gasteiger partial charge in [-0.1, -0.05) is 54.1 Å². The summed E-state index contributed by atoms with van der Waals surface area (Å²) in [7, 11) is 3.27. The molecule has 3 aromatic carbocycles. The lowest BCUT2D eigenvalue weighted by Crippen LogP contribution is -2.28. The van der Waals surface area contributed by atoms with Crippen molar-refractivity contribution in [1.29, 1.82) is 0 Å². The molecule has 2 unspecified atom stereocenters. The van der Waals surface area contributed by atoms with Gasteiger partial charge in [-0.2, -0.15) is 4.98 Å². The molecule has 0 fully saturated rings. The fourth-order valence-corrected chi connectivity index (χ4v) is 4.57. The van der Waals surface area contributed by atoms with Crippen LogP contribution in [0.2, 0.25) is 5.02 Å². The first kappa shape index (κ1) is 23.7. The number of carbonyl (C=O) groups is 1. The SMILES string of the molecule is COc1ccc(CC(=O)Nc2nc3n(n2)C(c2ccccc2OC)CC(c2ccc(Cl)cc2)N3)cc1. The second-order valence-electron chi connectivity index (χ2n) is 8.52. The van der Waals surface area contributed by atoms with Gasteiger partial charge in [0.25, 0.3) is 5.95 Å². The number of ether oxygens (including phenoxy) is 2. The molecule has 0 saturated carbocycles. The number of para-hydroxylation sites is 1. The molecule has 0 bridgehead atoms. The molecule has 2 atom stereocenters. The number of amides is 1. The summed E-state index contributed by atoms with van der Waals surface area (Å²) in [5.41, 5.74) is 2.94. The molecule has 0 spiro atoms. The van der Waals surface area contributed by atoms with E-state index in [1.807, 2.05) is 77.5 Å². The zero-order chi connectivity index (χ0) is 25.1. The second-order valence-corrected chi connectivity index (χ2v) is 8.95. The Morgan fingerprint density at radius 2 is 1.81 bits per heavy atom. The quantitative estimate of drug-likeness (QED) is 0.357. The highest BCUT2D eigenvalue weighted by Gasteiger charge is 2.33. The Morgan fingerprint density at radius 3 is 2.53 bits per heavy atom. The summed E-state index contributed by atoms with van der Waals surface area (Å²) in [5.74, 6) is 2.12. The monoisotopic (exact) mass is 503 g/mol. The van der Waals surface area contributed by atoms with Crippen LogP contribution in [0.15, 0.2) is 72.8 Å². The lowest BCUT2D eigenvalue weighted by molar-refractivity contribution is -0.115. The van der Waals surface area contributed by atoms with E-state index < -0.39 is 0 Å². The van der Waals surface area contributed by atoms with E-state index in [1.54, 1.807) is 14.2 Å². The van der Waals surface area contributed by atoms with Gasteiger partial charge in [-0.3, -0.25) is 10.1 Å². The maximum absolute atomic E-state index is 12.7. The summed E-state index contributed by atoms with van der Waals surface area (Å²) >= 11 is 6.11. The number of rotatable bonds is 7. The van der Waals surface area contributed by atoms with E-state index in [4.69, 9.17) is 21.1 Å². The number of hydrogen-bond acceptors (Lipinski definition) is 6. The molecule has 0 aliphatic carbocycles. The van der Waals surface area contributed by atoms with Crippen LogP contribution in [0.1, 0.15) is 35.2 Å². The highest BCUT2D eigenvalue weighted by Crippen LogP contribution is 2.41. The van der Waals surface area contributed by atoms with Crippen LogP contribution in [0.4, 0.5) is 11.9 Å². The number of fused-ring (bicyclic) bond motifs is 1. The zero-order valence-electron chi connectivity index (χ0n) is 19.9. The van der Waals surface area contributed by atoms with E-state index >= 15 is 0 Å². The predicted octanol–water partition coefficient (Wildman–Crippen LogP) is 5.28. The molecule has 1 aliphatic heterocycles. The van der Waals surface area contributed by atoms with Crippen LogP contribution in [-0.4, -0.2) is 34.9 Å². The minimum atomic E-state index is -0.203. The molecule has 5 rings (SSSR count). The summed E-state index contributed by atoms with van der Waals surface area (Å²) in [6.07, 6.45) is 0.905. The van der Waals surface area contributed by atoms with Crippen molar-refractivity contribution in [3.63, 3.8) is 0 Å². The van der Waals surface area contributed by atoms with Crippen molar-refractivity contribution in [3.8, 4) is 11.5 Å². The van der Waals surface area contributed by atoms with E-state index in [1.165, 1.54) is 0 Å². The molecule has 8 nitrogen and oxygen atoms in total. The van der Waals surface area contributed by atoms with Gasteiger partial charge in [0, 0.05) is 10.6 Å². The topological polar surface area (TPSA) is 90.3 Å². The summed E-state index contributed by atoms with van der Waals surface area (Å²) in [4.78, 5) is 17.3. The van der Waals surface area contributed by atoms with E-state index in [0.717, 1.165) is 28.2 Å². The van der Waals surface area contributed by atoms with Gasteiger partial charge in [-0.25, -0.2) is 4.68 Å². The summed E-state index contributed by atoms with van der Waals surface area (Å²) in [5, 5.41) is 11.6. The fraction of sp³-hybridized carbons (Fsp3) is 0.222. The molecule has 9 heteroatoms. The zero-order valence-corrected chi connectivity index (χ0v) is 20.7. The number of nitrogens with zero attached hydrogens (tertiary/aromatic N) is 3. The molecule has 36 heavy (non-hydrogen) atoms. The Bertz CT molecular complexity index is 1350. The van der Waals surface area contributed by atoms with E-state index in [-0.39, 0.29) is 30.4 Å². The number of carbonyl (C=O) groups excluding carboxylic acids is 1. The Labute approximate surface area is 214 Å². The molecular weight excluding hydrogens is 478 g/mol. The molecule has 2 N–H and O–H groups in total. The summed E-state index contributed by atoms with van der Waals surface area (Å²) in [6, 6.07) is 22.8. The number of benzene rings is 3. The normalized spacial score (nSPS) is 16.5. The van der Waals surface area contributed by atoms with Crippen LogP contribution in [0.5, 0.6) is 11.5 Å². The van der Waals surface area contributed by atoms with Crippen molar-refractivity contribution in [1.82, 2.24) is 14.8 Å². The minimum absolute atomic E-state index is 0.0308. The predicted molar refractivity (Wildman–Crippen MR) is 139 cm³/mol. The van der Waals surface area contributed by atoms with Gasteiger partial charge < -0.3 is 14.8 Å². The van der Waals surface area contributed by atoms with Crippen LogP contribution in [0.25, 0.3) is 0 Å². The molecule has 1 aromatic heterocycles. The van der Waals surface area contributed by atoms with Crippen molar-refractivity contribution < 1.29 is 14.3 Å². The smallest absolute Gasteiger partial charge is 0.250 e. The third-order valence-electron chi connectivity index (χ3n) is 6.23. The first-order valence-electron chi connectivity index (χ1n) is 11.6. The van der Waals surface area contributed by atoms with E-state index in [9.17, 15) is 4.79 Å². The van der Waals surface area contributed by atoms with Crippen LogP contribution >= 0.6 is 11.6 Å². The van der Waals surface area contributed by atoms with E-state index in [2.05, 4.69) is 20.7 Å². The number of aromatic nitrogens is 3. The third-order valence-corrected chi connectivity index (χ3v) is 6.49. The largest absolute Gasteiger partial charge is 0.497 e. The van der Waals surface area contributed by atoms with Crippen LogP contribution in [-0.2, 0) is 11.2 Å². The minimum Gasteiger partial charge on any atom is -0.497 e. The first-order chi connectivity index (χ1) is 17.5. The number of anilines is 2. The molecule has 0 radical (unpaired) electrons. The highest BCUT2D eigenvalue weighted by molar-refractivity contribution is 6.30. The van der Waals surface area contributed by atoms with Crippen LogP contribution in [0.3, 0.4) is 0 Å². The Morgan fingerprint density at radius 1 is 1.06 bits per heavy atom. The highest BCUT2D eigenvalue weighted by atomic mass is 35.5. The maximum Gasteiger partial charge on any atom is 0.250 e. The molecule has 4 aromatic rings. The molecule has 184 valence electrons. The number of halogens is 1. The van der Waals surface area contributed by atoms with Crippen LogP contribution in [0, 0.1) is 0 Å². The lowest BCUT2D eigenvalue weighted by Gasteiger charge is -2.32. The Balaban J connectivity index is 1.43. The molecule has 0 saturated heterocycles. The second kappa shape index (κ2) is 10.3. The van der Waals surface area contributed by atoms with Crippen molar-refractivity contribution >= 4 is 29.4 Å².